The van der Waals surface area contributed by atoms with Crippen molar-refractivity contribution in [3.8, 4) is 11.4 Å². The fourth-order valence-corrected chi connectivity index (χ4v) is 2.70. The molecule has 3 rings (SSSR count). The molecule has 112 valence electrons. The third-order valence-electron chi connectivity index (χ3n) is 3.49. The smallest absolute Gasteiger partial charge is 0.265 e. The van der Waals surface area contributed by atoms with E-state index in [0.717, 1.165) is 11.4 Å². The quantitative estimate of drug-likeness (QED) is 0.668. The molecule has 0 amide bonds. The van der Waals surface area contributed by atoms with Gasteiger partial charge in [-0.2, -0.15) is 0 Å². The van der Waals surface area contributed by atoms with Gasteiger partial charge in [-0.3, -0.25) is 9.36 Å². The second-order valence-electron chi connectivity index (χ2n) is 4.94. The summed E-state index contributed by atoms with van der Waals surface area (Å²) in [4.78, 5) is 17.5. The van der Waals surface area contributed by atoms with Gasteiger partial charge in [0.15, 0.2) is 0 Å². The summed E-state index contributed by atoms with van der Waals surface area (Å²) >= 11 is 3.53. The number of benzene rings is 2. The molecule has 1 aromatic heterocycles. The summed E-state index contributed by atoms with van der Waals surface area (Å²) in [6.45, 7) is 1.95. The first kappa shape index (κ1) is 14.8. The minimum Gasteiger partial charge on any atom is -0.497 e. The SMILES string of the molecule is COc1ccc(-n2c(C(C)Br)nc3ccccc3c2=O)cc1. The van der Waals surface area contributed by atoms with Crippen molar-refractivity contribution in [1.82, 2.24) is 9.55 Å². The first-order valence-corrected chi connectivity index (χ1v) is 7.83. The molecule has 5 heteroatoms. The highest BCUT2D eigenvalue weighted by molar-refractivity contribution is 9.09. The van der Waals surface area contributed by atoms with Crippen molar-refractivity contribution in [3.05, 3.63) is 64.7 Å². The van der Waals surface area contributed by atoms with Gasteiger partial charge in [0, 0.05) is 0 Å². The Hall–Kier alpha value is -2.14. The number of hydrogen-bond acceptors (Lipinski definition) is 3. The van der Waals surface area contributed by atoms with E-state index in [9.17, 15) is 4.79 Å². The van der Waals surface area contributed by atoms with Crippen molar-refractivity contribution in [3.63, 3.8) is 0 Å². The predicted molar refractivity (Wildman–Crippen MR) is 91.2 cm³/mol. The van der Waals surface area contributed by atoms with Crippen LogP contribution in [0.1, 0.15) is 17.6 Å². The van der Waals surface area contributed by atoms with Gasteiger partial charge < -0.3 is 4.74 Å². The molecule has 0 N–H and O–H groups in total. The van der Waals surface area contributed by atoms with Gasteiger partial charge in [-0.15, -0.1) is 0 Å². The molecule has 0 aliphatic rings. The maximum absolute atomic E-state index is 12.9. The molecule has 0 radical (unpaired) electrons. The van der Waals surface area contributed by atoms with Crippen LogP contribution in [0.3, 0.4) is 0 Å². The van der Waals surface area contributed by atoms with Gasteiger partial charge in [0.05, 0.1) is 28.5 Å². The molecular weight excluding hydrogens is 344 g/mol. The summed E-state index contributed by atoms with van der Waals surface area (Å²) < 4.78 is 6.81. The van der Waals surface area contributed by atoms with Crippen molar-refractivity contribution in [2.24, 2.45) is 0 Å². The van der Waals surface area contributed by atoms with E-state index in [1.165, 1.54) is 0 Å². The van der Waals surface area contributed by atoms with Crippen molar-refractivity contribution in [2.75, 3.05) is 7.11 Å². The number of halogens is 1. The second-order valence-corrected chi connectivity index (χ2v) is 6.32. The Morgan fingerprint density at radius 1 is 1.14 bits per heavy atom. The van der Waals surface area contributed by atoms with Gasteiger partial charge in [-0.05, 0) is 43.3 Å². The summed E-state index contributed by atoms with van der Waals surface area (Å²) in [5.41, 5.74) is 1.40. The summed E-state index contributed by atoms with van der Waals surface area (Å²) in [5.74, 6) is 1.42. The molecule has 2 aromatic carbocycles. The van der Waals surface area contributed by atoms with Crippen LogP contribution >= 0.6 is 15.9 Å². The van der Waals surface area contributed by atoms with E-state index in [1.807, 2.05) is 49.4 Å². The topological polar surface area (TPSA) is 44.1 Å². The normalized spacial score (nSPS) is 12.3. The number of methoxy groups -OCH3 is 1. The molecule has 0 aliphatic carbocycles. The molecule has 1 heterocycles. The fraction of sp³-hybridized carbons (Fsp3) is 0.176. The number of rotatable bonds is 3. The van der Waals surface area contributed by atoms with Gasteiger partial charge >= 0.3 is 0 Å². The van der Waals surface area contributed by atoms with E-state index in [2.05, 4.69) is 20.9 Å². The molecule has 1 atom stereocenters. The molecule has 22 heavy (non-hydrogen) atoms. The lowest BCUT2D eigenvalue weighted by atomic mass is 10.2. The molecule has 0 saturated carbocycles. The number of para-hydroxylation sites is 1. The minimum absolute atomic E-state index is 0.0492. The molecule has 0 aliphatic heterocycles. The Kier molecular flexibility index (Phi) is 3.98. The maximum Gasteiger partial charge on any atom is 0.265 e. The van der Waals surface area contributed by atoms with Crippen LogP contribution in [0.4, 0.5) is 0 Å². The standard InChI is InChI=1S/C17H15BrN2O2/c1-11(18)16-19-15-6-4-3-5-14(15)17(21)20(16)12-7-9-13(22-2)10-8-12/h3-11H,1-2H3. The van der Waals surface area contributed by atoms with Crippen molar-refractivity contribution >= 4 is 26.8 Å². The summed E-state index contributed by atoms with van der Waals surface area (Å²) in [5, 5.41) is 0.607. The summed E-state index contributed by atoms with van der Waals surface area (Å²) in [6.07, 6.45) is 0. The molecule has 1 unspecified atom stereocenters. The zero-order valence-corrected chi connectivity index (χ0v) is 13.9. The predicted octanol–water partition coefficient (Wildman–Crippen LogP) is 3.85. The number of ether oxygens (including phenoxy) is 1. The van der Waals surface area contributed by atoms with E-state index in [1.54, 1.807) is 17.7 Å². The van der Waals surface area contributed by atoms with Crippen molar-refractivity contribution < 1.29 is 4.74 Å². The maximum atomic E-state index is 12.9. The second kappa shape index (κ2) is 5.93. The largest absolute Gasteiger partial charge is 0.497 e. The van der Waals surface area contributed by atoms with Crippen LogP contribution in [0.15, 0.2) is 53.3 Å². The van der Waals surface area contributed by atoms with Crippen LogP contribution in [-0.4, -0.2) is 16.7 Å². The van der Waals surface area contributed by atoms with E-state index in [-0.39, 0.29) is 10.4 Å². The highest BCUT2D eigenvalue weighted by Gasteiger charge is 2.15. The van der Waals surface area contributed by atoms with Crippen LogP contribution < -0.4 is 10.3 Å². The van der Waals surface area contributed by atoms with Gasteiger partial charge in [0.2, 0.25) is 0 Å². The van der Waals surface area contributed by atoms with Crippen LogP contribution in [0.2, 0.25) is 0 Å². The number of nitrogens with zero attached hydrogens (tertiary/aromatic N) is 2. The Morgan fingerprint density at radius 3 is 2.45 bits per heavy atom. The summed E-state index contributed by atoms with van der Waals surface area (Å²) in [6, 6.07) is 14.8. The van der Waals surface area contributed by atoms with Crippen LogP contribution in [-0.2, 0) is 0 Å². The third-order valence-corrected chi connectivity index (χ3v) is 3.90. The van der Waals surface area contributed by atoms with E-state index in [0.29, 0.717) is 16.7 Å². The third kappa shape index (κ3) is 2.52. The van der Waals surface area contributed by atoms with E-state index >= 15 is 0 Å². The number of alkyl halides is 1. The monoisotopic (exact) mass is 358 g/mol. The van der Waals surface area contributed by atoms with E-state index < -0.39 is 0 Å². The minimum atomic E-state index is -0.0722. The first-order chi connectivity index (χ1) is 10.6. The van der Waals surface area contributed by atoms with Crippen molar-refractivity contribution in [2.45, 2.75) is 11.8 Å². The first-order valence-electron chi connectivity index (χ1n) is 6.92. The molecule has 0 saturated heterocycles. The van der Waals surface area contributed by atoms with Gasteiger partial charge in [0.25, 0.3) is 5.56 Å². The van der Waals surface area contributed by atoms with Crippen molar-refractivity contribution in [1.29, 1.82) is 0 Å². The molecular formula is C17H15BrN2O2. The fourth-order valence-electron chi connectivity index (χ4n) is 2.40. The molecule has 3 aromatic rings. The lowest BCUT2D eigenvalue weighted by Crippen LogP contribution is -2.24. The van der Waals surface area contributed by atoms with E-state index in [4.69, 9.17) is 4.74 Å². The van der Waals surface area contributed by atoms with Gasteiger partial charge in [-0.1, -0.05) is 28.1 Å². The van der Waals surface area contributed by atoms with Crippen LogP contribution in [0.5, 0.6) is 5.75 Å². The average Bonchev–Trinajstić information content (AvgIpc) is 2.55. The Bertz CT molecular complexity index is 870. The molecule has 0 spiro atoms. The van der Waals surface area contributed by atoms with Gasteiger partial charge in [0.1, 0.15) is 11.6 Å². The Labute approximate surface area is 136 Å². The zero-order chi connectivity index (χ0) is 15.7. The number of aromatic nitrogens is 2. The summed E-state index contributed by atoms with van der Waals surface area (Å²) in [7, 11) is 1.62. The molecule has 0 bridgehead atoms. The Morgan fingerprint density at radius 2 is 1.82 bits per heavy atom. The molecule has 4 nitrogen and oxygen atoms in total. The molecule has 0 fully saturated rings. The lowest BCUT2D eigenvalue weighted by molar-refractivity contribution is 0.414. The van der Waals surface area contributed by atoms with Gasteiger partial charge in [-0.25, -0.2) is 4.98 Å². The van der Waals surface area contributed by atoms with Crippen LogP contribution in [0.25, 0.3) is 16.6 Å². The number of fused-ring (bicyclic) bond motifs is 1. The highest BCUT2D eigenvalue weighted by atomic mass is 79.9. The Balaban J connectivity index is 2.32. The zero-order valence-electron chi connectivity index (χ0n) is 12.3. The lowest BCUT2D eigenvalue weighted by Gasteiger charge is -2.15. The van der Waals surface area contributed by atoms with Crippen LogP contribution in [0, 0.1) is 0 Å². The number of hydrogen-bond donors (Lipinski definition) is 0. The average molecular weight is 359 g/mol. The highest BCUT2D eigenvalue weighted by Crippen LogP contribution is 2.24.